The molecule has 0 aliphatic carbocycles. The molecule has 1 fully saturated rings. The standard InChI is InChI=1S/C5H9O4P/c1-2-8-10(7)5-3-4(6)9-5/h5,10H,2-3H2,1H3. The van der Waals surface area contributed by atoms with Crippen LogP contribution in [0.4, 0.5) is 0 Å². The molecule has 0 amide bonds. The Labute approximate surface area is 59.4 Å². The van der Waals surface area contributed by atoms with E-state index in [1.165, 1.54) is 0 Å². The van der Waals surface area contributed by atoms with Crippen molar-refractivity contribution < 1.29 is 18.6 Å². The highest BCUT2D eigenvalue weighted by Gasteiger charge is 2.33. The van der Waals surface area contributed by atoms with E-state index in [1.807, 2.05) is 0 Å². The van der Waals surface area contributed by atoms with Crippen LogP contribution in [-0.4, -0.2) is 18.4 Å². The Balaban J connectivity index is 2.24. The van der Waals surface area contributed by atoms with Crippen LogP contribution in [0.2, 0.25) is 0 Å². The highest BCUT2D eigenvalue weighted by molar-refractivity contribution is 7.40. The van der Waals surface area contributed by atoms with Crippen molar-refractivity contribution in [3.63, 3.8) is 0 Å². The van der Waals surface area contributed by atoms with Crippen molar-refractivity contribution in [3.05, 3.63) is 0 Å². The molecule has 10 heavy (non-hydrogen) atoms. The maximum absolute atomic E-state index is 10.9. The van der Waals surface area contributed by atoms with Gasteiger partial charge in [-0.15, -0.1) is 0 Å². The molecular weight excluding hydrogens is 155 g/mol. The largest absolute Gasteiger partial charge is 0.451 e. The third-order valence-corrected chi connectivity index (χ3v) is 2.60. The summed E-state index contributed by atoms with van der Waals surface area (Å²) in [6.45, 7) is 2.16. The van der Waals surface area contributed by atoms with Gasteiger partial charge in [0.2, 0.25) is 8.03 Å². The molecule has 2 unspecified atom stereocenters. The molecular formula is C5H9O4P. The average molecular weight is 164 g/mol. The first-order valence-electron chi connectivity index (χ1n) is 3.10. The summed E-state index contributed by atoms with van der Waals surface area (Å²) in [6.07, 6.45) is 0.248. The van der Waals surface area contributed by atoms with Gasteiger partial charge in [-0.1, -0.05) is 0 Å². The predicted molar refractivity (Wildman–Crippen MR) is 35.1 cm³/mol. The minimum absolute atomic E-state index is 0.248. The minimum Gasteiger partial charge on any atom is -0.451 e. The van der Waals surface area contributed by atoms with Crippen LogP contribution in [0, 0.1) is 0 Å². The minimum atomic E-state index is -2.11. The zero-order valence-electron chi connectivity index (χ0n) is 5.62. The van der Waals surface area contributed by atoms with Crippen LogP contribution in [0.3, 0.4) is 0 Å². The van der Waals surface area contributed by atoms with Gasteiger partial charge in [-0.25, -0.2) is 0 Å². The van der Waals surface area contributed by atoms with Crippen LogP contribution >= 0.6 is 8.03 Å². The summed E-state index contributed by atoms with van der Waals surface area (Å²) in [5, 5.41) is 0. The lowest BCUT2D eigenvalue weighted by molar-refractivity contribution is -0.161. The lowest BCUT2D eigenvalue weighted by Gasteiger charge is -2.23. The van der Waals surface area contributed by atoms with Gasteiger partial charge in [-0.05, 0) is 6.92 Å². The highest BCUT2D eigenvalue weighted by Crippen LogP contribution is 2.37. The van der Waals surface area contributed by atoms with Gasteiger partial charge in [0.25, 0.3) is 0 Å². The fourth-order valence-electron chi connectivity index (χ4n) is 0.667. The number of cyclic esters (lactones) is 1. The first-order valence-corrected chi connectivity index (χ1v) is 4.49. The number of hydrogen-bond donors (Lipinski definition) is 0. The Hall–Kier alpha value is -0.340. The first kappa shape index (κ1) is 7.76. The van der Waals surface area contributed by atoms with Crippen molar-refractivity contribution in [2.45, 2.75) is 19.2 Å². The molecule has 0 bridgehead atoms. The second-order valence-electron chi connectivity index (χ2n) is 1.93. The maximum atomic E-state index is 10.9. The molecule has 0 aromatic carbocycles. The molecule has 0 aromatic rings. The van der Waals surface area contributed by atoms with Gasteiger partial charge in [0.1, 0.15) is 0 Å². The van der Waals surface area contributed by atoms with Gasteiger partial charge in [-0.2, -0.15) is 0 Å². The van der Waals surface area contributed by atoms with Crippen molar-refractivity contribution in [2.75, 3.05) is 6.61 Å². The molecule has 1 rings (SSSR count). The van der Waals surface area contributed by atoms with Crippen LogP contribution in [0.5, 0.6) is 0 Å². The summed E-state index contributed by atoms with van der Waals surface area (Å²) in [5.74, 6) is -0.736. The van der Waals surface area contributed by atoms with Gasteiger partial charge >= 0.3 is 5.97 Å². The van der Waals surface area contributed by atoms with Gasteiger partial charge in [0.05, 0.1) is 13.0 Å². The van der Waals surface area contributed by atoms with Crippen molar-refractivity contribution in [3.8, 4) is 0 Å². The fraction of sp³-hybridized carbons (Fsp3) is 0.800. The summed E-state index contributed by atoms with van der Waals surface area (Å²) in [5.41, 5.74) is 0. The molecule has 1 aliphatic rings. The normalized spacial score (nSPS) is 26.9. The van der Waals surface area contributed by atoms with Gasteiger partial charge in [-0.3, -0.25) is 9.36 Å². The van der Waals surface area contributed by atoms with E-state index < -0.39 is 13.9 Å². The summed E-state index contributed by atoms with van der Waals surface area (Å²) in [4.78, 5) is 10.2. The van der Waals surface area contributed by atoms with E-state index in [9.17, 15) is 9.36 Å². The number of hydrogen-bond acceptors (Lipinski definition) is 4. The third-order valence-electron chi connectivity index (χ3n) is 1.18. The molecule has 4 nitrogen and oxygen atoms in total. The van der Waals surface area contributed by atoms with Crippen molar-refractivity contribution in [1.82, 2.24) is 0 Å². The van der Waals surface area contributed by atoms with E-state index >= 15 is 0 Å². The van der Waals surface area contributed by atoms with E-state index in [-0.39, 0.29) is 12.4 Å². The Kier molecular flexibility index (Phi) is 2.46. The zero-order valence-corrected chi connectivity index (χ0v) is 6.62. The summed E-state index contributed by atoms with van der Waals surface area (Å²) in [7, 11) is -2.11. The number of carbonyl (C=O) groups excluding carboxylic acids is 1. The maximum Gasteiger partial charge on any atom is 0.310 e. The molecule has 2 atom stereocenters. The number of carbonyl (C=O) groups is 1. The highest BCUT2D eigenvalue weighted by atomic mass is 31.1. The predicted octanol–water partition coefficient (Wildman–Crippen LogP) is 0.771. The second kappa shape index (κ2) is 3.17. The number of esters is 1. The lowest BCUT2D eigenvalue weighted by Crippen LogP contribution is -2.29. The molecule has 1 aliphatic heterocycles. The smallest absolute Gasteiger partial charge is 0.310 e. The second-order valence-corrected chi connectivity index (χ2v) is 3.51. The molecule has 0 radical (unpaired) electrons. The van der Waals surface area contributed by atoms with Crippen molar-refractivity contribution >= 4 is 14.0 Å². The van der Waals surface area contributed by atoms with E-state index in [2.05, 4.69) is 4.74 Å². The topological polar surface area (TPSA) is 52.6 Å². The Morgan fingerprint density at radius 2 is 2.50 bits per heavy atom. The molecule has 1 saturated heterocycles. The van der Waals surface area contributed by atoms with Crippen LogP contribution in [-0.2, 0) is 18.6 Å². The van der Waals surface area contributed by atoms with E-state index in [0.29, 0.717) is 6.61 Å². The molecule has 0 aromatic heterocycles. The van der Waals surface area contributed by atoms with Crippen LogP contribution in [0.15, 0.2) is 0 Å². The van der Waals surface area contributed by atoms with Crippen LogP contribution in [0.25, 0.3) is 0 Å². The van der Waals surface area contributed by atoms with Gasteiger partial charge in [0.15, 0.2) is 5.85 Å². The van der Waals surface area contributed by atoms with E-state index in [4.69, 9.17) is 4.52 Å². The molecule has 0 spiro atoms. The van der Waals surface area contributed by atoms with Crippen molar-refractivity contribution in [1.29, 1.82) is 0 Å². The van der Waals surface area contributed by atoms with Crippen LogP contribution < -0.4 is 0 Å². The fourth-order valence-corrected chi connectivity index (χ4v) is 1.70. The Morgan fingerprint density at radius 1 is 1.90 bits per heavy atom. The number of rotatable bonds is 3. The quantitative estimate of drug-likeness (QED) is 0.456. The van der Waals surface area contributed by atoms with Crippen LogP contribution in [0.1, 0.15) is 13.3 Å². The lowest BCUT2D eigenvalue weighted by atomic mass is 10.4. The van der Waals surface area contributed by atoms with Gasteiger partial charge < -0.3 is 9.26 Å². The third kappa shape index (κ3) is 1.58. The SMILES string of the molecule is CCO[PH](=O)C1CC(=O)O1. The van der Waals surface area contributed by atoms with Gasteiger partial charge in [0, 0.05) is 0 Å². The molecule has 0 saturated carbocycles. The summed E-state index contributed by atoms with van der Waals surface area (Å²) >= 11 is 0. The van der Waals surface area contributed by atoms with E-state index in [0.717, 1.165) is 0 Å². The Morgan fingerprint density at radius 3 is 2.90 bits per heavy atom. The molecule has 58 valence electrons. The monoisotopic (exact) mass is 164 g/mol. The number of ether oxygens (including phenoxy) is 1. The molecule has 0 N–H and O–H groups in total. The molecule has 5 heteroatoms. The average Bonchev–Trinajstić information content (AvgIpc) is 1.82. The van der Waals surface area contributed by atoms with E-state index in [1.54, 1.807) is 6.92 Å². The Bertz CT molecular complexity index is 159. The zero-order chi connectivity index (χ0) is 7.56. The summed E-state index contributed by atoms with van der Waals surface area (Å²) in [6, 6.07) is 0. The first-order chi connectivity index (χ1) is 4.74. The van der Waals surface area contributed by atoms with Crippen molar-refractivity contribution in [2.24, 2.45) is 0 Å². The summed E-state index contributed by atoms with van der Waals surface area (Å²) < 4.78 is 20.1. The molecule has 1 heterocycles.